The van der Waals surface area contributed by atoms with E-state index < -0.39 is 40.8 Å². The number of nitrogens with zero attached hydrogens (tertiary/aromatic N) is 1. The van der Waals surface area contributed by atoms with Crippen molar-refractivity contribution in [2.75, 3.05) is 0 Å². The number of carbonyl (C=O) groups excluding carboxylic acids is 2. The predicted octanol–water partition coefficient (Wildman–Crippen LogP) is 1.85. The molecule has 5 N–H and O–H groups in total. The molecule has 0 spiro atoms. The summed E-state index contributed by atoms with van der Waals surface area (Å²) < 4.78 is 0. The summed E-state index contributed by atoms with van der Waals surface area (Å²) in [4.78, 5) is 48.8. The van der Waals surface area contributed by atoms with Crippen molar-refractivity contribution in [1.29, 1.82) is 0 Å². The number of phenolic OH excluding ortho intramolecular Hbond substituents is 1. The topological polar surface area (TPSA) is 171 Å². The summed E-state index contributed by atoms with van der Waals surface area (Å²) in [5.41, 5.74) is 3.13. The molecule has 0 aromatic heterocycles. The van der Waals surface area contributed by atoms with E-state index in [1.807, 2.05) is 24.3 Å². The van der Waals surface area contributed by atoms with Gasteiger partial charge in [0.1, 0.15) is 17.8 Å². The van der Waals surface area contributed by atoms with Crippen LogP contribution in [0.4, 0.5) is 5.69 Å². The zero-order valence-electron chi connectivity index (χ0n) is 20.9. The molecular weight excluding hydrogens is 504 g/mol. The third-order valence-electron chi connectivity index (χ3n) is 6.61. The quantitative estimate of drug-likeness (QED) is 0.194. The molecular formula is C28H28N4O7. The molecule has 3 atom stereocenters. The maximum Gasteiger partial charge on any atom is 0.326 e. The molecule has 11 nitrogen and oxygen atoms in total. The first kappa shape index (κ1) is 27.3. The van der Waals surface area contributed by atoms with Gasteiger partial charge in [0.15, 0.2) is 0 Å². The van der Waals surface area contributed by atoms with E-state index in [2.05, 4.69) is 16.0 Å². The number of amides is 2. The number of hydrogen-bond donors (Lipinski definition) is 5. The van der Waals surface area contributed by atoms with Gasteiger partial charge < -0.3 is 26.2 Å². The number of nitro groups is 1. The van der Waals surface area contributed by atoms with E-state index in [4.69, 9.17) is 0 Å². The normalized spacial score (nSPS) is 15.8. The van der Waals surface area contributed by atoms with E-state index >= 15 is 0 Å². The average molecular weight is 533 g/mol. The Balaban J connectivity index is 1.49. The molecule has 39 heavy (non-hydrogen) atoms. The first-order chi connectivity index (χ1) is 18.7. The number of fused-ring (bicyclic) bond motifs is 1. The summed E-state index contributed by atoms with van der Waals surface area (Å²) in [5, 5.41) is 38.7. The maximum atomic E-state index is 13.3. The molecule has 0 saturated heterocycles. The number of aromatic hydroxyl groups is 1. The van der Waals surface area contributed by atoms with Crippen LogP contribution in [0.3, 0.4) is 0 Å². The van der Waals surface area contributed by atoms with Gasteiger partial charge in [-0.1, -0.05) is 48.5 Å². The minimum Gasteiger partial charge on any atom is -0.508 e. The number of carbonyl (C=O) groups is 3. The number of rotatable bonds is 10. The van der Waals surface area contributed by atoms with E-state index in [9.17, 15) is 34.7 Å². The van der Waals surface area contributed by atoms with Gasteiger partial charge in [0, 0.05) is 31.5 Å². The molecule has 3 aromatic rings. The molecule has 4 rings (SSSR count). The van der Waals surface area contributed by atoms with Crippen LogP contribution >= 0.6 is 0 Å². The van der Waals surface area contributed by atoms with Crippen molar-refractivity contribution >= 4 is 23.5 Å². The largest absolute Gasteiger partial charge is 0.508 e. The van der Waals surface area contributed by atoms with Gasteiger partial charge >= 0.3 is 5.97 Å². The van der Waals surface area contributed by atoms with Gasteiger partial charge in [0.05, 0.1) is 11.0 Å². The first-order valence-electron chi connectivity index (χ1n) is 12.3. The average Bonchev–Trinajstić information content (AvgIpc) is 2.93. The number of nitro benzene ring substituents is 1. The Hall–Kier alpha value is -4.77. The van der Waals surface area contributed by atoms with Crippen LogP contribution in [-0.4, -0.2) is 51.0 Å². The van der Waals surface area contributed by atoms with Crippen molar-refractivity contribution in [3.63, 3.8) is 0 Å². The fourth-order valence-corrected chi connectivity index (χ4v) is 4.45. The van der Waals surface area contributed by atoms with E-state index in [1.165, 1.54) is 36.4 Å². The lowest BCUT2D eigenvalue weighted by Gasteiger charge is -2.28. The molecule has 0 bridgehead atoms. The maximum absolute atomic E-state index is 13.3. The fraction of sp³-hybridized carbons (Fsp3) is 0.250. The predicted molar refractivity (Wildman–Crippen MR) is 141 cm³/mol. The van der Waals surface area contributed by atoms with Crippen molar-refractivity contribution in [3.05, 3.63) is 105 Å². The minimum atomic E-state index is -1.34. The van der Waals surface area contributed by atoms with Crippen molar-refractivity contribution in [2.24, 2.45) is 0 Å². The number of hydrogen-bond acceptors (Lipinski definition) is 7. The number of phenols is 1. The number of carboxylic acid groups (broad SMARTS) is 1. The second-order valence-electron chi connectivity index (χ2n) is 9.37. The first-order valence-corrected chi connectivity index (χ1v) is 12.3. The van der Waals surface area contributed by atoms with Gasteiger partial charge in [-0.3, -0.25) is 19.7 Å². The standard InChI is InChI=1S/C28H28N4O7/c33-22-11-7-18(8-12-22)13-24(30-26(34)23-15-19-3-1-2-4-20(19)16-29-23)27(35)31-25(28(36)37)14-17-5-9-21(10-6-17)32(38)39/h1-12,23-25,29,33H,13-16H2,(H,30,34)(H,31,35)(H,36,37)/t23-,24-,25-/m1/s1. The van der Waals surface area contributed by atoms with Crippen LogP contribution in [0.1, 0.15) is 22.3 Å². The number of nitrogens with one attached hydrogen (secondary N) is 3. The van der Waals surface area contributed by atoms with Crippen LogP contribution in [-0.2, 0) is 40.2 Å². The zero-order valence-corrected chi connectivity index (χ0v) is 20.9. The fourth-order valence-electron chi connectivity index (χ4n) is 4.45. The van der Waals surface area contributed by atoms with Crippen LogP contribution in [0.2, 0.25) is 0 Å². The molecule has 1 aliphatic heterocycles. The summed E-state index contributed by atoms with van der Waals surface area (Å²) >= 11 is 0. The molecule has 0 aliphatic carbocycles. The van der Waals surface area contributed by atoms with Crippen molar-refractivity contribution in [3.8, 4) is 5.75 Å². The molecule has 202 valence electrons. The van der Waals surface area contributed by atoms with E-state index in [0.717, 1.165) is 11.1 Å². The van der Waals surface area contributed by atoms with Gasteiger partial charge in [0.2, 0.25) is 11.8 Å². The Labute approximate surface area is 224 Å². The van der Waals surface area contributed by atoms with Crippen molar-refractivity contribution in [1.82, 2.24) is 16.0 Å². The van der Waals surface area contributed by atoms with Crippen LogP contribution in [0, 0.1) is 10.1 Å². The highest BCUT2D eigenvalue weighted by Gasteiger charge is 2.31. The summed E-state index contributed by atoms with van der Waals surface area (Å²) in [6.45, 7) is 0.499. The van der Waals surface area contributed by atoms with Crippen LogP contribution in [0.15, 0.2) is 72.8 Å². The van der Waals surface area contributed by atoms with Crippen molar-refractivity contribution in [2.45, 2.75) is 43.9 Å². The van der Waals surface area contributed by atoms with E-state index in [1.54, 1.807) is 12.1 Å². The lowest BCUT2D eigenvalue weighted by atomic mass is 9.95. The summed E-state index contributed by atoms with van der Waals surface area (Å²) in [6.07, 6.45) is 0.387. The van der Waals surface area contributed by atoms with Gasteiger partial charge in [-0.25, -0.2) is 4.79 Å². The molecule has 1 heterocycles. The monoisotopic (exact) mass is 532 g/mol. The SMILES string of the molecule is O=C(O)[C@@H](Cc1ccc([N+](=O)[O-])cc1)NC(=O)[C@@H](Cc1ccc(O)cc1)NC(=O)[C@H]1Cc2ccccc2CN1. The van der Waals surface area contributed by atoms with Gasteiger partial charge in [-0.05, 0) is 40.8 Å². The van der Waals surface area contributed by atoms with Crippen molar-refractivity contribution < 1.29 is 29.5 Å². The molecule has 2 amide bonds. The van der Waals surface area contributed by atoms with Crippen LogP contribution in [0.25, 0.3) is 0 Å². The van der Waals surface area contributed by atoms with Gasteiger partial charge in [-0.2, -0.15) is 0 Å². The molecule has 11 heteroatoms. The lowest BCUT2D eigenvalue weighted by molar-refractivity contribution is -0.384. The third kappa shape index (κ3) is 7.17. The highest BCUT2D eigenvalue weighted by molar-refractivity contribution is 5.92. The third-order valence-corrected chi connectivity index (χ3v) is 6.61. The van der Waals surface area contributed by atoms with E-state index in [0.29, 0.717) is 24.1 Å². The van der Waals surface area contributed by atoms with Crippen LogP contribution in [0.5, 0.6) is 5.75 Å². The second kappa shape index (κ2) is 12.2. The smallest absolute Gasteiger partial charge is 0.326 e. The molecule has 0 fully saturated rings. The zero-order chi connectivity index (χ0) is 27.9. The number of non-ortho nitro benzene ring substituents is 1. The lowest BCUT2D eigenvalue weighted by Crippen LogP contribution is -2.57. The number of aliphatic carboxylic acids is 1. The van der Waals surface area contributed by atoms with Crippen LogP contribution < -0.4 is 16.0 Å². The molecule has 0 unspecified atom stereocenters. The molecule has 0 saturated carbocycles. The van der Waals surface area contributed by atoms with Gasteiger partial charge in [-0.15, -0.1) is 0 Å². The Morgan fingerprint density at radius 2 is 1.49 bits per heavy atom. The molecule has 3 aromatic carbocycles. The number of benzene rings is 3. The highest BCUT2D eigenvalue weighted by atomic mass is 16.6. The summed E-state index contributed by atoms with van der Waals surface area (Å²) in [7, 11) is 0. The Morgan fingerprint density at radius 3 is 2.10 bits per heavy atom. The van der Waals surface area contributed by atoms with E-state index in [-0.39, 0.29) is 24.3 Å². The summed E-state index contributed by atoms with van der Waals surface area (Å²) in [6, 6.07) is 16.3. The minimum absolute atomic E-state index is 0.0443. The Bertz CT molecular complexity index is 1360. The number of carboxylic acids is 1. The summed E-state index contributed by atoms with van der Waals surface area (Å²) in [5.74, 6) is -2.34. The molecule has 0 radical (unpaired) electrons. The highest BCUT2D eigenvalue weighted by Crippen LogP contribution is 2.18. The second-order valence-corrected chi connectivity index (χ2v) is 9.37. The molecule has 1 aliphatic rings. The van der Waals surface area contributed by atoms with Gasteiger partial charge in [0.25, 0.3) is 5.69 Å². The Kier molecular flexibility index (Phi) is 8.52. The Morgan fingerprint density at radius 1 is 0.897 bits per heavy atom.